The quantitative estimate of drug-likeness (QED) is 0.373. The lowest BCUT2D eigenvalue weighted by atomic mass is 10.0. The molecule has 0 unspecified atom stereocenters. The molecule has 0 heterocycles. The molecule has 0 fully saturated rings. The van der Waals surface area contributed by atoms with E-state index in [2.05, 4.69) is 0 Å². The summed E-state index contributed by atoms with van der Waals surface area (Å²) in [5, 5.41) is 0. The number of hydrogen-bond donors (Lipinski definition) is 0. The van der Waals surface area contributed by atoms with E-state index in [0.29, 0.717) is 16.7 Å². The lowest BCUT2D eigenvalue weighted by Gasteiger charge is -2.08. The Hall–Kier alpha value is -3.25. The average Bonchev–Trinajstić information content (AvgIpc) is 2.68. The van der Waals surface area contributed by atoms with Crippen molar-refractivity contribution in [2.75, 3.05) is 6.26 Å². The molecule has 0 amide bonds. The summed E-state index contributed by atoms with van der Waals surface area (Å²) in [7, 11) is -3.45. The molecule has 3 aromatic carbocycles. The molecule has 0 bridgehead atoms. The van der Waals surface area contributed by atoms with Gasteiger partial charge in [-0.2, -0.15) is 0 Å². The van der Waals surface area contributed by atoms with Gasteiger partial charge in [0.15, 0.2) is 15.6 Å². The van der Waals surface area contributed by atoms with Gasteiger partial charge in [0, 0.05) is 17.4 Å². The first kappa shape index (κ1) is 19.5. The van der Waals surface area contributed by atoms with Crippen molar-refractivity contribution in [3.63, 3.8) is 0 Å². The number of ketones is 1. The Labute approximate surface area is 163 Å². The monoisotopic (exact) mass is 394 g/mol. The predicted molar refractivity (Wildman–Crippen MR) is 106 cm³/mol. The van der Waals surface area contributed by atoms with E-state index in [1.54, 1.807) is 49.4 Å². The van der Waals surface area contributed by atoms with Gasteiger partial charge in [0.1, 0.15) is 5.75 Å². The maximum atomic E-state index is 12.4. The number of aryl methyl sites for hydroxylation is 1. The maximum absolute atomic E-state index is 12.4. The fourth-order valence-electron chi connectivity index (χ4n) is 2.72. The number of ether oxygens (including phenoxy) is 1. The average molecular weight is 394 g/mol. The van der Waals surface area contributed by atoms with E-state index in [1.165, 1.54) is 24.3 Å². The second-order valence-electron chi connectivity index (χ2n) is 6.36. The lowest BCUT2D eigenvalue weighted by molar-refractivity contribution is 0.0734. The Kier molecular flexibility index (Phi) is 5.42. The van der Waals surface area contributed by atoms with Gasteiger partial charge in [-0.3, -0.25) is 4.79 Å². The van der Waals surface area contributed by atoms with E-state index in [0.717, 1.165) is 6.26 Å². The van der Waals surface area contributed by atoms with Gasteiger partial charge in [0.25, 0.3) is 0 Å². The Bertz CT molecular complexity index is 1130. The summed E-state index contributed by atoms with van der Waals surface area (Å²) in [4.78, 5) is 24.8. The third-order valence-electron chi connectivity index (χ3n) is 4.19. The van der Waals surface area contributed by atoms with Gasteiger partial charge < -0.3 is 4.74 Å². The van der Waals surface area contributed by atoms with Crippen LogP contribution in [0.4, 0.5) is 0 Å². The molecule has 5 nitrogen and oxygen atoms in total. The molecule has 0 aliphatic rings. The van der Waals surface area contributed by atoms with Crippen molar-refractivity contribution in [3.8, 4) is 5.75 Å². The molecule has 142 valence electrons. The highest BCUT2D eigenvalue weighted by atomic mass is 32.2. The molecule has 0 saturated carbocycles. The first-order valence-corrected chi connectivity index (χ1v) is 10.4. The summed E-state index contributed by atoms with van der Waals surface area (Å²) < 4.78 is 28.9. The minimum absolute atomic E-state index is 0.0887. The summed E-state index contributed by atoms with van der Waals surface area (Å²) in [5.74, 6) is -0.544. The van der Waals surface area contributed by atoms with Crippen molar-refractivity contribution in [1.82, 2.24) is 0 Å². The fourth-order valence-corrected chi connectivity index (χ4v) is 3.72. The molecule has 0 aliphatic carbocycles. The fraction of sp³-hybridized carbons (Fsp3) is 0.0909. The van der Waals surface area contributed by atoms with Crippen LogP contribution in [0.2, 0.25) is 0 Å². The highest BCUT2D eigenvalue weighted by Crippen LogP contribution is 2.20. The summed E-state index contributed by atoms with van der Waals surface area (Å²) in [6.45, 7) is 1.66. The van der Waals surface area contributed by atoms with E-state index in [9.17, 15) is 18.0 Å². The number of benzene rings is 3. The third-order valence-corrected chi connectivity index (χ3v) is 5.43. The molecule has 0 aromatic heterocycles. The largest absolute Gasteiger partial charge is 0.423 e. The molecule has 6 heteroatoms. The van der Waals surface area contributed by atoms with Crippen LogP contribution in [-0.4, -0.2) is 26.4 Å². The summed E-state index contributed by atoms with van der Waals surface area (Å²) in [5.41, 5.74) is 1.74. The molecule has 0 saturated heterocycles. The van der Waals surface area contributed by atoms with Crippen LogP contribution in [0.3, 0.4) is 0 Å². The first-order chi connectivity index (χ1) is 13.3. The van der Waals surface area contributed by atoms with Crippen LogP contribution in [0.5, 0.6) is 5.75 Å². The van der Waals surface area contributed by atoms with Gasteiger partial charge in [-0.25, -0.2) is 13.2 Å². The van der Waals surface area contributed by atoms with Gasteiger partial charge in [0.2, 0.25) is 0 Å². The molecule has 0 N–H and O–H groups in total. The van der Waals surface area contributed by atoms with E-state index in [-0.39, 0.29) is 22.0 Å². The van der Waals surface area contributed by atoms with Gasteiger partial charge >= 0.3 is 5.97 Å². The molecule has 3 aromatic rings. The second-order valence-corrected chi connectivity index (χ2v) is 8.35. The van der Waals surface area contributed by atoms with E-state index >= 15 is 0 Å². The minimum atomic E-state index is -3.45. The van der Waals surface area contributed by atoms with Gasteiger partial charge in [-0.1, -0.05) is 36.4 Å². The summed E-state index contributed by atoms with van der Waals surface area (Å²) >= 11 is 0. The van der Waals surface area contributed by atoms with Crippen molar-refractivity contribution in [3.05, 3.63) is 95.1 Å². The van der Waals surface area contributed by atoms with Crippen LogP contribution in [0.1, 0.15) is 31.8 Å². The first-order valence-electron chi connectivity index (χ1n) is 8.48. The lowest BCUT2D eigenvalue weighted by Crippen LogP contribution is -2.11. The molecule has 0 spiro atoms. The zero-order valence-electron chi connectivity index (χ0n) is 15.4. The predicted octanol–water partition coefficient (Wildman–Crippen LogP) is 3.85. The van der Waals surface area contributed by atoms with Gasteiger partial charge in [0.05, 0.1) is 10.5 Å². The smallest absolute Gasteiger partial charge is 0.343 e. The molecule has 28 heavy (non-hydrogen) atoms. The van der Waals surface area contributed by atoms with Gasteiger partial charge in [-0.05, 0) is 48.9 Å². The molecular formula is C22H18O5S. The van der Waals surface area contributed by atoms with Crippen LogP contribution in [0.25, 0.3) is 0 Å². The maximum Gasteiger partial charge on any atom is 0.343 e. The van der Waals surface area contributed by atoms with Crippen molar-refractivity contribution < 1.29 is 22.7 Å². The Morgan fingerprint density at radius 3 is 1.96 bits per heavy atom. The zero-order chi connectivity index (χ0) is 20.3. The van der Waals surface area contributed by atoms with Crippen LogP contribution in [0.15, 0.2) is 77.7 Å². The number of carbonyl (C=O) groups is 2. The number of carbonyl (C=O) groups excluding carboxylic acids is 2. The van der Waals surface area contributed by atoms with Crippen LogP contribution in [0, 0.1) is 6.92 Å². The Balaban J connectivity index is 1.78. The standard InChI is InChI=1S/C22H18O5S/c1-15-8-9-18(14-20(15)28(2,25)26)22(24)27-19-12-10-17(11-13-19)21(23)16-6-4-3-5-7-16/h3-14H,1-2H3. The molecule has 0 aliphatic heterocycles. The van der Waals surface area contributed by atoms with E-state index < -0.39 is 15.8 Å². The number of sulfone groups is 1. The Morgan fingerprint density at radius 1 is 0.786 bits per heavy atom. The second kappa shape index (κ2) is 7.78. The minimum Gasteiger partial charge on any atom is -0.423 e. The van der Waals surface area contributed by atoms with Crippen LogP contribution >= 0.6 is 0 Å². The third kappa shape index (κ3) is 4.35. The van der Waals surface area contributed by atoms with Crippen molar-refractivity contribution >= 4 is 21.6 Å². The molecule has 0 atom stereocenters. The van der Waals surface area contributed by atoms with E-state index in [4.69, 9.17) is 4.74 Å². The highest BCUT2D eigenvalue weighted by Gasteiger charge is 2.16. The summed E-state index contributed by atoms with van der Waals surface area (Å²) in [6, 6.07) is 19.5. The van der Waals surface area contributed by atoms with Crippen LogP contribution in [-0.2, 0) is 9.84 Å². The zero-order valence-corrected chi connectivity index (χ0v) is 16.2. The topological polar surface area (TPSA) is 77.5 Å². The number of esters is 1. The number of rotatable bonds is 5. The summed E-state index contributed by atoms with van der Waals surface area (Å²) in [6.07, 6.45) is 1.09. The van der Waals surface area contributed by atoms with Gasteiger partial charge in [-0.15, -0.1) is 0 Å². The normalized spacial score (nSPS) is 11.1. The molecule has 3 rings (SSSR count). The highest BCUT2D eigenvalue weighted by molar-refractivity contribution is 7.90. The molecular weight excluding hydrogens is 376 g/mol. The van der Waals surface area contributed by atoms with Crippen molar-refractivity contribution in [2.45, 2.75) is 11.8 Å². The molecule has 0 radical (unpaired) electrons. The number of hydrogen-bond acceptors (Lipinski definition) is 5. The van der Waals surface area contributed by atoms with E-state index in [1.807, 2.05) is 6.07 Å². The van der Waals surface area contributed by atoms with Crippen molar-refractivity contribution in [2.24, 2.45) is 0 Å². The van der Waals surface area contributed by atoms with Crippen LogP contribution < -0.4 is 4.74 Å². The SMILES string of the molecule is Cc1ccc(C(=O)Oc2ccc(C(=O)c3ccccc3)cc2)cc1S(C)(=O)=O. The van der Waals surface area contributed by atoms with Crippen molar-refractivity contribution in [1.29, 1.82) is 0 Å². The Morgan fingerprint density at radius 2 is 1.36 bits per heavy atom.